The van der Waals surface area contributed by atoms with E-state index in [9.17, 15) is 0 Å². The van der Waals surface area contributed by atoms with Gasteiger partial charge in [-0.05, 0) is 31.4 Å². The molecule has 2 unspecified atom stereocenters. The van der Waals surface area contributed by atoms with Gasteiger partial charge >= 0.3 is 0 Å². The van der Waals surface area contributed by atoms with Gasteiger partial charge in [-0.2, -0.15) is 0 Å². The van der Waals surface area contributed by atoms with Crippen LogP contribution in [0, 0.1) is 5.92 Å². The highest BCUT2D eigenvalue weighted by Gasteiger charge is 2.36. The highest BCUT2D eigenvalue weighted by Crippen LogP contribution is 2.38. The van der Waals surface area contributed by atoms with E-state index < -0.39 is 0 Å². The average Bonchev–Trinajstić information content (AvgIpc) is 2.90. The normalized spacial score (nSPS) is 26.3. The van der Waals surface area contributed by atoms with Gasteiger partial charge in [0.05, 0.1) is 0 Å². The van der Waals surface area contributed by atoms with Crippen LogP contribution in [0.1, 0.15) is 32.1 Å². The monoisotopic (exact) mass is 278 g/mol. The molecule has 0 radical (unpaired) electrons. The largest absolute Gasteiger partial charge is 0.373 e. The minimum Gasteiger partial charge on any atom is -0.373 e. The van der Waals surface area contributed by atoms with E-state index in [1.165, 1.54) is 32.1 Å². The molecular formula is C14H22N4S. The standard InChI is InChI=1S/C14H22N4S/c1-15-12-9-13(17-14(16-12)19-2)18-8-7-10-5-3-4-6-11(10)18/h9-11H,3-8H2,1-2H3,(H,15,16,17). The molecule has 0 spiro atoms. The molecule has 2 fully saturated rings. The molecule has 1 saturated carbocycles. The molecule has 1 aliphatic carbocycles. The molecule has 3 rings (SSSR count). The van der Waals surface area contributed by atoms with E-state index in [-0.39, 0.29) is 0 Å². The second kappa shape index (κ2) is 5.57. The summed E-state index contributed by atoms with van der Waals surface area (Å²) in [6.07, 6.45) is 8.89. The minimum absolute atomic E-state index is 0.711. The van der Waals surface area contributed by atoms with Gasteiger partial charge in [0.15, 0.2) is 5.16 Å². The third kappa shape index (κ3) is 2.53. The minimum atomic E-state index is 0.711. The van der Waals surface area contributed by atoms with Crippen LogP contribution >= 0.6 is 11.8 Å². The lowest BCUT2D eigenvalue weighted by Gasteiger charge is -2.32. The zero-order chi connectivity index (χ0) is 13.2. The van der Waals surface area contributed by atoms with Crippen LogP contribution in [0.4, 0.5) is 11.6 Å². The molecule has 1 aromatic rings. The number of anilines is 2. The number of thioether (sulfide) groups is 1. The summed E-state index contributed by atoms with van der Waals surface area (Å²) in [7, 11) is 1.92. The maximum Gasteiger partial charge on any atom is 0.191 e. The Morgan fingerprint density at radius 3 is 2.89 bits per heavy atom. The van der Waals surface area contributed by atoms with Gasteiger partial charge in [-0.1, -0.05) is 24.6 Å². The number of hydrogen-bond acceptors (Lipinski definition) is 5. The van der Waals surface area contributed by atoms with Crippen molar-refractivity contribution in [1.29, 1.82) is 0 Å². The molecule has 2 aliphatic rings. The predicted molar refractivity (Wildman–Crippen MR) is 81.1 cm³/mol. The topological polar surface area (TPSA) is 41.0 Å². The third-order valence-electron chi connectivity index (χ3n) is 4.44. The number of aromatic nitrogens is 2. The van der Waals surface area contributed by atoms with Crippen molar-refractivity contribution in [2.75, 3.05) is 30.1 Å². The maximum absolute atomic E-state index is 4.71. The van der Waals surface area contributed by atoms with Gasteiger partial charge in [-0.25, -0.2) is 9.97 Å². The molecular weight excluding hydrogens is 256 g/mol. The Kier molecular flexibility index (Phi) is 3.82. The second-order valence-electron chi connectivity index (χ2n) is 5.44. The number of fused-ring (bicyclic) bond motifs is 1. The fourth-order valence-electron chi connectivity index (χ4n) is 3.47. The quantitative estimate of drug-likeness (QED) is 0.680. The van der Waals surface area contributed by atoms with E-state index in [1.54, 1.807) is 11.8 Å². The van der Waals surface area contributed by atoms with Gasteiger partial charge in [0.25, 0.3) is 0 Å². The van der Waals surface area contributed by atoms with Crippen molar-refractivity contribution in [2.24, 2.45) is 5.92 Å². The number of nitrogens with one attached hydrogen (secondary N) is 1. The smallest absolute Gasteiger partial charge is 0.191 e. The van der Waals surface area contributed by atoms with Gasteiger partial charge in [0, 0.05) is 25.7 Å². The second-order valence-corrected chi connectivity index (χ2v) is 6.22. The summed E-state index contributed by atoms with van der Waals surface area (Å²) in [6, 6.07) is 2.81. The Balaban J connectivity index is 1.88. The van der Waals surface area contributed by atoms with Crippen LogP contribution in [0.15, 0.2) is 11.2 Å². The summed E-state index contributed by atoms with van der Waals surface area (Å²) in [4.78, 5) is 11.7. The fourth-order valence-corrected chi connectivity index (χ4v) is 3.84. The maximum atomic E-state index is 4.71. The molecule has 2 heterocycles. The molecule has 2 atom stereocenters. The van der Waals surface area contributed by atoms with E-state index >= 15 is 0 Å². The van der Waals surface area contributed by atoms with Crippen LogP contribution < -0.4 is 10.2 Å². The van der Waals surface area contributed by atoms with Gasteiger partial charge in [-0.15, -0.1) is 0 Å². The summed E-state index contributed by atoms with van der Waals surface area (Å²) in [5, 5.41) is 4.01. The molecule has 4 nitrogen and oxygen atoms in total. The van der Waals surface area contributed by atoms with Crippen LogP contribution in [0.3, 0.4) is 0 Å². The lowest BCUT2D eigenvalue weighted by Crippen LogP contribution is -2.35. The van der Waals surface area contributed by atoms with E-state index in [2.05, 4.69) is 21.3 Å². The molecule has 1 aromatic heterocycles. The Hall–Kier alpha value is -0.970. The molecule has 0 bridgehead atoms. The number of rotatable bonds is 3. The van der Waals surface area contributed by atoms with E-state index in [1.807, 2.05) is 13.3 Å². The molecule has 1 N–H and O–H groups in total. The van der Waals surface area contributed by atoms with Crippen LogP contribution in [-0.2, 0) is 0 Å². The van der Waals surface area contributed by atoms with E-state index in [0.29, 0.717) is 6.04 Å². The summed E-state index contributed by atoms with van der Waals surface area (Å²) in [5.74, 6) is 2.92. The zero-order valence-electron chi connectivity index (χ0n) is 11.7. The summed E-state index contributed by atoms with van der Waals surface area (Å²) >= 11 is 1.61. The van der Waals surface area contributed by atoms with E-state index in [0.717, 1.165) is 29.3 Å². The molecule has 0 aromatic carbocycles. The first-order chi connectivity index (χ1) is 9.31. The van der Waals surface area contributed by atoms with Crippen molar-refractivity contribution in [3.63, 3.8) is 0 Å². The van der Waals surface area contributed by atoms with Crippen LogP contribution in [-0.4, -0.2) is 35.9 Å². The van der Waals surface area contributed by atoms with Gasteiger partial charge in [0.1, 0.15) is 11.6 Å². The Bertz CT molecular complexity index is 429. The lowest BCUT2D eigenvalue weighted by atomic mass is 9.85. The van der Waals surface area contributed by atoms with Gasteiger partial charge < -0.3 is 10.2 Å². The van der Waals surface area contributed by atoms with Gasteiger partial charge in [-0.3, -0.25) is 0 Å². The van der Waals surface area contributed by atoms with Crippen LogP contribution in [0.25, 0.3) is 0 Å². The zero-order valence-corrected chi connectivity index (χ0v) is 12.5. The first-order valence-corrected chi connectivity index (χ1v) is 8.42. The summed E-state index contributed by atoms with van der Waals surface area (Å²) in [5.41, 5.74) is 0. The highest BCUT2D eigenvalue weighted by molar-refractivity contribution is 7.98. The van der Waals surface area contributed by atoms with Crippen molar-refractivity contribution in [1.82, 2.24) is 9.97 Å². The number of hydrogen-bond donors (Lipinski definition) is 1. The van der Waals surface area contributed by atoms with Crippen LogP contribution in [0.2, 0.25) is 0 Å². The van der Waals surface area contributed by atoms with Crippen LogP contribution in [0.5, 0.6) is 0 Å². The van der Waals surface area contributed by atoms with Crippen molar-refractivity contribution < 1.29 is 0 Å². The molecule has 5 heteroatoms. The third-order valence-corrected chi connectivity index (χ3v) is 4.98. The first-order valence-electron chi connectivity index (χ1n) is 7.19. The number of nitrogens with zero attached hydrogens (tertiary/aromatic N) is 3. The Morgan fingerprint density at radius 2 is 2.11 bits per heavy atom. The average molecular weight is 278 g/mol. The Morgan fingerprint density at radius 1 is 1.26 bits per heavy atom. The molecule has 1 aliphatic heterocycles. The Labute approximate surface area is 119 Å². The summed E-state index contributed by atoms with van der Waals surface area (Å²) < 4.78 is 0. The SMILES string of the molecule is CNc1cc(N2CCC3CCCCC32)nc(SC)n1. The van der Waals surface area contributed by atoms with Crippen molar-refractivity contribution in [3.05, 3.63) is 6.07 Å². The molecule has 104 valence electrons. The predicted octanol–water partition coefficient (Wildman–Crippen LogP) is 3.01. The van der Waals surface area contributed by atoms with Crippen molar-refractivity contribution in [3.8, 4) is 0 Å². The molecule has 0 amide bonds. The van der Waals surface area contributed by atoms with E-state index in [4.69, 9.17) is 4.98 Å². The first kappa shape index (κ1) is 13.0. The fraction of sp³-hybridized carbons (Fsp3) is 0.714. The van der Waals surface area contributed by atoms with Crippen molar-refractivity contribution >= 4 is 23.4 Å². The highest BCUT2D eigenvalue weighted by atomic mass is 32.2. The van der Waals surface area contributed by atoms with Gasteiger partial charge in [0.2, 0.25) is 0 Å². The van der Waals surface area contributed by atoms with Crippen molar-refractivity contribution in [2.45, 2.75) is 43.3 Å². The molecule has 1 saturated heterocycles. The lowest BCUT2D eigenvalue weighted by molar-refractivity contribution is 0.341. The summed E-state index contributed by atoms with van der Waals surface area (Å²) in [6.45, 7) is 1.16. The molecule has 19 heavy (non-hydrogen) atoms.